The quantitative estimate of drug-likeness (QED) is 0.283. The van der Waals surface area contributed by atoms with E-state index in [2.05, 4.69) is 27.7 Å². The van der Waals surface area contributed by atoms with Crippen molar-refractivity contribution in [3.63, 3.8) is 0 Å². The molecule has 1 saturated heterocycles. The van der Waals surface area contributed by atoms with Crippen LogP contribution in [0.15, 0.2) is 60.7 Å². The van der Waals surface area contributed by atoms with Gasteiger partial charge in [-0.2, -0.15) is 0 Å². The van der Waals surface area contributed by atoms with E-state index in [1.54, 1.807) is 4.90 Å². The molecular formula is C27H26Cl4N4O2. The largest absolute Gasteiger partial charge is 0.368 e. The summed E-state index contributed by atoms with van der Waals surface area (Å²) in [6, 6.07) is 19.0. The number of anilines is 3. The van der Waals surface area contributed by atoms with Gasteiger partial charge in [-0.25, -0.2) is 4.79 Å². The van der Waals surface area contributed by atoms with Gasteiger partial charge in [0.25, 0.3) is 0 Å². The second-order valence-corrected chi connectivity index (χ2v) is 10.3. The zero-order chi connectivity index (χ0) is 26.4. The fraction of sp³-hybridized carbons (Fsp3) is 0.259. The first-order chi connectivity index (χ1) is 17.8. The third-order valence-corrected chi connectivity index (χ3v) is 7.71. The van der Waals surface area contributed by atoms with Gasteiger partial charge in [0.05, 0.1) is 25.8 Å². The lowest BCUT2D eigenvalue weighted by Gasteiger charge is -2.36. The lowest BCUT2D eigenvalue weighted by atomic mass is 10.1. The van der Waals surface area contributed by atoms with Crippen LogP contribution in [0.1, 0.15) is 18.4 Å². The molecule has 0 spiro atoms. The first kappa shape index (κ1) is 27.4. The number of aryl methyl sites for hydroxylation is 1. The molecule has 3 aromatic carbocycles. The Labute approximate surface area is 236 Å². The molecule has 0 aliphatic carbocycles. The predicted octanol–water partition coefficient (Wildman–Crippen LogP) is 7.62. The average Bonchev–Trinajstić information content (AvgIpc) is 2.91. The minimum absolute atomic E-state index is 0.00417. The minimum Gasteiger partial charge on any atom is -0.368 e. The predicted molar refractivity (Wildman–Crippen MR) is 154 cm³/mol. The summed E-state index contributed by atoms with van der Waals surface area (Å²) in [5.74, 6) is 0.00417. The Morgan fingerprint density at radius 3 is 2.03 bits per heavy atom. The van der Waals surface area contributed by atoms with E-state index >= 15 is 0 Å². The van der Waals surface area contributed by atoms with E-state index in [9.17, 15) is 9.59 Å². The van der Waals surface area contributed by atoms with E-state index in [1.165, 1.54) is 11.6 Å². The second-order valence-electron chi connectivity index (χ2n) is 8.68. The van der Waals surface area contributed by atoms with Gasteiger partial charge in [0.1, 0.15) is 0 Å². The first-order valence-electron chi connectivity index (χ1n) is 11.9. The van der Waals surface area contributed by atoms with Crippen molar-refractivity contribution >= 4 is 75.4 Å². The molecule has 1 fully saturated rings. The summed E-state index contributed by atoms with van der Waals surface area (Å²) in [5.41, 5.74) is 3.22. The van der Waals surface area contributed by atoms with Crippen LogP contribution in [0.2, 0.25) is 20.1 Å². The number of nitrogens with zero attached hydrogens (tertiary/aromatic N) is 2. The number of benzene rings is 3. The molecule has 0 bridgehead atoms. The fourth-order valence-corrected chi connectivity index (χ4v) is 5.02. The highest BCUT2D eigenvalue weighted by atomic mass is 35.5. The van der Waals surface area contributed by atoms with Crippen LogP contribution in [0.3, 0.4) is 0 Å². The zero-order valence-corrected chi connectivity index (χ0v) is 23.0. The highest BCUT2D eigenvalue weighted by molar-refractivity contribution is 6.50. The lowest BCUT2D eigenvalue weighted by Crippen LogP contribution is -2.50. The van der Waals surface area contributed by atoms with Crippen molar-refractivity contribution in [2.45, 2.75) is 19.3 Å². The van der Waals surface area contributed by atoms with E-state index < -0.39 is 0 Å². The van der Waals surface area contributed by atoms with Gasteiger partial charge in [-0.05, 0) is 48.7 Å². The van der Waals surface area contributed by atoms with E-state index in [0.29, 0.717) is 32.6 Å². The molecule has 3 amide bonds. The van der Waals surface area contributed by atoms with Crippen LogP contribution in [0, 0.1) is 0 Å². The number of urea groups is 1. The number of carbonyl (C=O) groups is 2. The SMILES string of the molecule is O=C(CCCc1ccccc1)Nc1ccc(N2CCN(C(=O)Nc3c(Cl)c(Cl)cc(Cl)c3Cl)CC2)cc1. The fourth-order valence-electron chi connectivity index (χ4n) is 4.11. The molecular weight excluding hydrogens is 554 g/mol. The molecule has 10 heteroatoms. The molecule has 2 N–H and O–H groups in total. The number of halogens is 4. The van der Waals surface area contributed by atoms with Crippen LogP contribution in [0.25, 0.3) is 0 Å². The summed E-state index contributed by atoms with van der Waals surface area (Å²) in [4.78, 5) is 29.0. The number of nitrogens with one attached hydrogen (secondary N) is 2. The van der Waals surface area contributed by atoms with E-state index in [1.807, 2.05) is 42.5 Å². The van der Waals surface area contributed by atoms with Crippen LogP contribution in [-0.4, -0.2) is 43.0 Å². The Bertz CT molecular complexity index is 1220. The van der Waals surface area contributed by atoms with Gasteiger partial charge in [-0.1, -0.05) is 76.7 Å². The summed E-state index contributed by atoms with van der Waals surface area (Å²) in [5, 5.41) is 6.40. The molecule has 0 unspecified atom stereocenters. The third kappa shape index (κ3) is 7.23. The first-order valence-corrected chi connectivity index (χ1v) is 13.4. The summed E-state index contributed by atoms with van der Waals surface area (Å²) in [7, 11) is 0. The minimum atomic E-state index is -0.327. The number of carbonyl (C=O) groups excluding carboxylic acids is 2. The van der Waals surface area contributed by atoms with Crippen LogP contribution in [-0.2, 0) is 11.2 Å². The zero-order valence-electron chi connectivity index (χ0n) is 19.9. The Kier molecular flexibility index (Phi) is 9.43. The van der Waals surface area contributed by atoms with Crippen molar-refractivity contribution in [2.24, 2.45) is 0 Å². The van der Waals surface area contributed by atoms with Crippen molar-refractivity contribution in [1.82, 2.24) is 4.90 Å². The van der Waals surface area contributed by atoms with Crippen LogP contribution >= 0.6 is 46.4 Å². The topological polar surface area (TPSA) is 64.7 Å². The molecule has 194 valence electrons. The highest BCUT2D eigenvalue weighted by Gasteiger charge is 2.24. The van der Waals surface area contributed by atoms with Crippen molar-refractivity contribution in [3.8, 4) is 0 Å². The second kappa shape index (κ2) is 12.7. The molecule has 0 aromatic heterocycles. The Morgan fingerprint density at radius 2 is 1.41 bits per heavy atom. The summed E-state index contributed by atoms with van der Waals surface area (Å²) < 4.78 is 0. The molecule has 3 aromatic rings. The molecule has 6 nitrogen and oxygen atoms in total. The Balaban J connectivity index is 1.24. The van der Waals surface area contributed by atoms with E-state index in [4.69, 9.17) is 46.4 Å². The van der Waals surface area contributed by atoms with Gasteiger partial charge in [0.15, 0.2) is 0 Å². The van der Waals surface area contributed by atoms with Crippen molar-refractivity contribution in [3.05, 3.63) is 86.3 Å². The van der Waals surface area contributed by atoms with Gasteiger partial charge in [0.2, 0.25) is 5.91 Å². The van der Waals surface area contributed by atoms with Crippen molar-refractivity contribution in [2.75, 3.05) is 41.7 Å². The van der Waals surface area contributed by atoms with Gasteiger partial charge in [-0.15, -0.1) is 0 Å². The Morgan fingerprint density at radius 1 is 0.784 bits per heavy atom. The number of amides is 3. The lowest BCUT2D eigenvalue weighted by molar-refractivity contribution is -0.116. The molecule has 4 rings (SSSR count). The third-order valence-electron chi connectivity index (χ3n) is 6.14. The average molecular weight is 580 g/mol. The molecule has 0 saturated carbocycles. The molecule has 1 aliphatic heterocycles. The maximum absolute atomic E-state index is 12.8. The van der Waals surface area contributed by atoms with Gasteiger partial charge < -0.3 is 20.4 Å². The maximum Gasteiger partial charge on any atom is 0.322 e. The van der Waals surface area contributed by atoms with Gasteiger partial charge in [0, 0.05) is 44.0 Å². The molecule has 1 heterocycles. The maximum atomic E-state index is 12.8. The highest BCUT2D eigenvalue weighted by Crippen LogP contribution is 2.41. The van der Waals surface area contributed by atoms with E-state index in [-0.39, 0.29) is 37.7 Å². The van der Waals surface area contributed by atoms with Crippen molar-refractivity contribution in [1.29, 1.82) is 0 Å². The van der Waals surface area contributed by atoms with Crippen LogP contribution in [0.5, 0.6) is 0 Å². The Hall–Kier alpha value is -2.64. The van der Waals surface area contributed by atoms with E-state index in [0.717, 1.165) is 24.2 Å². The summed E-state index contributed by atoms with van der Waals surface area (Å²) in [6.45, 7) is 2.32. The monoisotopic (exact) mass is 578 g/mol. The van der Waals surface area contributed by atoms with Gasteiger partial charge in [-0.3, -0.25) is 4.79 Å². The summed E-state index contributed by atoms with van der Waals surface area (Å²) >= 11 is 24.5. The standard InChI is InChI=1S/C27H26Cl4N4O2/c28-21-17-22(29)25(31)26(24(21)30)33-27(37)35-15-13-34(14-16-35)20-11-9-19(10-12-20)32-23(36)8-4-7-18-5-2-1-3-6-18/h1-3,5-6,9-12,17H,4,7-8,13-16H2,(H,32,36)(H,33,37). The smallest absolute Gasteiger partial charge is 0.322 e. The molecule has 0 atom stereocenters. The number of hydrogen-bond donors (Lipinski definition) is 2. The van der Waals surface area contributed by atoms with Crippen molar-refractivity contribution < 1.29 is 9.59 Å². The van der Waals surface area contributed by atoms with Gasteiger partial charge >= 0.3 is 6.03 Å². The van der Waals surface area contributed by atoms with Crippen LogP contribution < -0.4 is 15.5 Å². The number of hydrogen-bond acceptors (Lipinski definition) is 3. The number of rotatable bonds is 7. The number of piperazine rings is 1. The van der Waals surface area contributed by atoms with Crippen LogP contribution in [0.4, 0.5) is 21.9 Å². The molecule has 37 heavy (non-hydrogen) atoms. The normalized spacial score (nSPS) is 13.4. The summed E-state index contributed by atoms with van der Waals surface area (Å²) in [6.07, 6.45) is 2.15. The molecule has 1 aliphatic rings. The molecule has 0 radical (unpaired) electrons.